The molecule has 1 fully saturated rings. The van der Waals surface area contributed by atoms with Gasteiger partial charge in [0.15, 0.2) is 0 Å². The molecule has 1 aromatic carbocycles. The maximum atomic E-state index is 12.0. The summed E-state index contributed by atoms with van der Waals surface area (Å²) >= 11 is 5.12. The summed E-state index contributed by atoms with van der Waals surface area (Å²) in [7, 11) is 1.64. The minimum absolute atomic E-state index is 0.0781. The largest absolute Gasteiger partial charge is 0.383 e. The number of methoxy groups -OCH3 is 1. The molecule has 0 aliphatic carbocycles. The normalized spacial score (nSPS) is 17.9. The first-order valence-corrected chi connectivity index (χ1v) is 9.06. The van der Waals surface area contributed by atoms with Crippen LogP contribution in [0.3, 0.4) is 0 Å². The Labute approximate surface area is 147 Å². The molecule has 1 unspecified atom stereocenters. The molecule has 1 amide bonds. The van der Waals surface area contributed by atoms with Gasteiger partial charge in [0.05, 0.1) is 25.1 Å². The third kappa shape index (κ3) is 3.76. The number of amides is 1. The maximum absolute atomic E-state index is 12.0. The molecule has 122 valence electrons. The van der Waals surface area contributed by atoms with Crippen LogP contribution in [0.15, 0.2) is 34.9 Å². The van der Waals surface area contributed by atoms with Crippen molar-refractivity contribution in [2.24, 2.45) is 0 Å². The topological polar surface area (TPSA) is 60.2 Å². The van der Waals surface area contributed by atoms with Gasteiger partial charge in [-0.1, -0.05) is 39.3 Å². The Morgan fingerprint density at radius 1 is 1.43 bits per heavy atom. The van der Waals surface area contributed by atoms with Gasteiger partial charge in [0.2, 0.25) is 5.91 Å². The highest BCUT2D eigenvalue weighted by Gasteiger charge is 2.34. The van der Waals surface area contributed by atoms with E-state index in [-0.39, 0.29) is 11.3 Å². The average molecular weight is 397 g/mol. The van der Waals surface area contributed by atoms with Crippen molar-refractivity contribution in [2.75, 3.05) is 26.0 Å². The van der Waals surface area contributed by atoms with Crippen LogP contribution < -0.4 is 0 Å². The van der Waals surface area contributed by atoms with E-state index < -0.39 is 0 Å². The second-order valence-electron chi connectivity index (χ2n) is 5.18. The molecule has 23 heavy (non-hydrogen) atoms. The van der Waals surface area contributed by atoms with Gasteiger partial charge in [-0.15, -0.1) is 16.9 Å². The van der Waals surface area contributed by atoms with Crippen LogP contribution in [0.5, 0.6) is 0 Å². The predicted octanol–water partition coefficient (Wildman–Crippen LogP) is 2.31. The van der Waals surface area contributed by atoms with Crippen molar-refractivity contribution in [3.63, 3.8) is 0 Å². The first-order chi connectivity index (χ1) is 11.2. The second kappa shape index (κ2) is 7.46. The Morgan fingerprint density at radius 3 is 3.04 bits per heavy atom. The average Bonchev–Trinajstić information content (AvgIpc) is 3.14. The van der Waals surface area contributed by atoms with E-state index >= 15 is 0 Å². The lowest BCUT2D eigenvalue weighted by atomic mass is 10.2. The van der Waals surface area contributed by atoms with Crippen LogP contribution >= 0.6 is 27.7 Å². The van der Waals surface area contributed by atoms with Gasteiger partial charge < -0.3 is 9.64 Å². The Kier molecular flexibility index (Phi) is 5.34. The van der Waals surface area contributed by atoms with E-state index in [1.807, 2.05) is 30.5 Å². The lowest BCUT2D eigenvalue weighted by Gasteiger charge is -2.21. The van der Waals surface area contributed by atoms with Gasteiger partial charge in [-0.3, -0.25) is 4.79 Å². The summed E-state index contributed by atoms with van der Waals surface area (Å²) in [6.45, 7) is 1.73. The van der Waals surface area contributed by atoms with Gasteiger partial charge >= 0.3 is 0 Å². The molecular formula is C15H17BrN4O2S. The smallest absolute Gasteiger partial charge is 0.233 e. The highest BCUT2D eigenvalue weighted by atomic mass is 79.9. The third-order valence-electron chi connectivity index (χ3n) is 3.60. The summed E-state index contributed by atoms with van der Waals surface area (Å²) in [6.07, 6.45) is 1.91. The molecule has 0 radical (unpaired) electrons. The van der Waals surface area contributed by atoms with Crippen LogP contribution in [0.25, 0.3) is 0 Å². The van der Waals surface area contributed by atoms with Gasteiger partial charge in [0.1, 0.15) is 11.1 Å². The summed E-state index contributed by atoms with van der Waals surface area (Å²) in [6, 6.07) is 8.03. The molecular weight excluding hydrogens is 380 g/mol. The number of carbonyl (C=O) groups is 1. The molecule has 1 saturated heterocycles. The zero-order valence-corrected chi connectivity index (χ0v) is 15.1. The van der Waals surface area contributed by atoms with Crippen molar-refractivity contribution < 1.29 is 9.53 Å². The first-order valence-electron chi connectivity index (χ1n) is 7.22. The zero-order valence-electron chi connectivity index (χ0n) is 12.7. The van der Waals surface area contributed by atoms with Crippen molar-refractivity contribution in [3.05, 3.63) is 46.2 Å². The molecule has 6 nitrogen and oxygen atoms in total. The first kappa shape index (κ1) is 16.5. The summed E-state index contributed by atoms with van der Waals surface area (Å²) in [5.41, 5.74) is 1.94. The summed E-state index contributed by atoms with van der Waals surface area (Å²) in [5, 5.41) is 8.38. The molecule has 2 heterocycles. The van der Waals surface area contributed by atoms with E-state index in [0.717, 1.165) is 15.7 Å². The Balaban J connectivity index is 1.73. The van der Waals surface area contributed by atoms with Crippen LogP contribution in [0, 0.1) is 0 Å². The predicted molar refractivity (Wildman–Crippen MR) is 92.1 cm³/mol. The zero-order chi connectivity index (χ0) is 16.2. The molecule has 2 aromatic rings. The lowest BCUT2D eigenvalue weighted by Crippen LogP contribution is -2.31. The molecule has 0 N–H and O–H groups in total. The van der Waals surface area contributed by atoms with E-state index in [0.29, 0.717) is 25.4 Å². The van der Waals surface area contributed by atoms with Crippen molar-refractivity contribution in [2.45, 2.75) is 11.9 Å². The number of thioether (sulfide) groups is 1. The van der Waals surface area contributed by atoms with Crippen LogP contribution in [-0.2, 0) is 16.1 Å². The minimum atomic E-state index is -0.0781. The van der Waals surface area contributed by atoms with Crippen molar-refractivity contribution in [1.29, 1.82) is 0 Å². The number of nitrogens with zero attached hydrogens (tertiary/aromatic N) is 4. The molecule has 1 atom stereocenters. The van der Waals surface area contributed by atoms with Crippen LogP contribution in [-0.4, -0.2) is 51.8 Å². The van der Waals surface area contributed by atoms with Gasteiger partial charge in [-0.25, -0.2) is 4.68 Å². The summed E-state index contributed by atoms with van der Waals surface area (Å²) < 4.78 is 7.93. The van der Waals surface area contributed by atoms with E-state index in [1.165, 1.54) is 0 Å². The third-order valence-corrected chi connectivity index (χ3v) is 5.60. The quantitative estimate of drug-likeness (QED) is 0.749. The minimum Gasteiger partial charge on any atom is -0.383 e. The Bertz CT molecular complexity index is 694. The summed E-state index contributed by atoms with van der Waals surface area (Å²) in [4.78, 5) is 13.8. The van der Waals surface area contributed by atoms with Crippen molar-refractivity contribution in [3.8, 4) is 0 Å². The van der Waals surface area contributed by atoms with Crippen LogP contribution in [0.1, 0.15) is 16.6 Å². The number of aromatic nitrogens is 3. The van der Waals surface area contributed by atoms with E-state index in [4.69, 9.17) is 4.74 Å². The number of carbonyl (C=O) groups excluding carboxylic acids is 1. The highest BCUT2D eigenvalue weighted by molar-refractivity contribution is 9.10. The molecule has 0 bridgehead atoms. The number of halogens is 1. The second-order valence-corrected chi connectivity index (χ2v) is 7.10. The number of benzene rings is 1. The maximum Gasteiger partial charge on any atom is 0.233 e. The standard InChI is InChI=1S/C15H17BrN4O2S/c1-22-7-6-20-14(21)10-23-15(20)13-9-19(18-17-13)8-11-4-2-3-5-12(11)16/h2-5,9,15H,6-8,10H2,1H3. The number of ether oxygens (including phenoxy) is 1. The molecule has 3 rings (SSSR count). The van der Waals surface area contributed by atoms with E-state index in [9.17, 15) is 4.79 Å². The van der Waals surface area contributed by atoms with Crippen molar-refractivity contribution in [1.82, 2.24) is 19.9 Å². The van der Waals surface area contributed by atoms with Gasteiger partial charge in [-0.05, 0) is 11.6 Å². The Hall–Kier alpha value is -1.38. The molecule has 1 aromatic heterocycles. The van der Waals surface area contributed by atoms with E-state index in [2.05, 4.69) is 26.2 Å². The lowest BCUT2D eigenvalue weighted by molar-refractivity contribution is -0.128. The monoisotopic (exact) mass is 396 g/mol. The van der Waals surface area contributed by atoms with Crippen LogP contribution in [0.4, 0.5) is 0 Å². The number of rotatable bonds is 6. The van der Waals surface area contributed by atoms with Crippen LogP contribution in [0.2, 0.25) is 0 Å². The fraction of sp³-hybridized carbons (Fsp3) is 0.400. The fourth-order valence-electron chi connectivity index (χ4n) is 2.44. The molecule has 1 aliphatic heterocycles. The molecule has 1 aliphatic rings. The highest BCUT2D eigenvalue weighted by Crippen LogP contribution is 2.37. The summed E-state index contributed by atoms with van der Waals surface area (Å²) in [5.74, 6) is 0.600. The van der Waals surface area contributed by atoms with Gasteiger partial charge in [0, 0.05) is 18.1 Å². The van der Waals surface area contributed by atoms with Gasteiger partial charge in [0.25, 0.3) is 0 Å². The SMILES string of the molecule is COCCN1C(=O)CSC1c1cn(Cc2ccccc2Br)nn1. The van der Waals surface area contributed by atoms with Gasteiger partial charge in [-0.2, -0.15) is 0 Å². The molecule has 0 spiro atoms. The molecule has 0 saturated carbocycles. The Morgan fingerprint density at radius 2 is 2.26 bits per heavy atom. The van der Waals surface area contributed by atoms with Crippen molar-refractivity contribution >= 4 is 33.6 Å². The number of hydrogen-bond acceptors (Lipinski definition) is 5. The number of hydrogen-bond donors (Lipinski definition) is 0. The molecule has 8 heteroatoms. The van der Waals surface area contributed by atoms with E-state index in [1.54, 1.807) is 28.5 Å². The fourth-order valence-corrected chi connectivity index (χ4v) is 3.99.